The molecule has 0 radical (unpaired) electrons. The van der Waals surface area contributed by atoms with Gasteiger partial charge in [-0.25, -0.2) is 0 Å². The van der Waals surface area contributed by atoms with E-state index in [0.29, 0.717) is 5.76 Å². The fourth-order valence-corrected chi connectivity index (χ4v) is 1.64. The third kappa shape index (κ3) is 6.44. The van der Waals surface area contributed by atoms with Crippen molar-refractivity contribution in [1.29, 1.82) is 0 Å². The number of rotatable bonds is 6. The zero-order chi connectivity index (χ0) is 16.1. The number of furan rings is 1. The zero-order valence-electron chi connectivity index (χ0n) is 12.9. The summed E-state index contributed by atoms with van der Waals surface area (Å²) in [7, 11) is 0. The van der Waals surface area contributed by atoms with Crippen LogP contribution in [0.3, 0.4) is 0 Å². The third-order valence-electron chi connectivity index (χ3n) is 2.66. The molecule has 6 heteroatoms. The van der Waals surface area contributed by atoms with Gasteiger partial charge in [0.2, 0.25) is 5.91 Å². The number of nitrogens with one attached hydrogen (secondary N) is 1. The van der Waals surface area contributed by atoms with E-state index in [1.165, 1.54) is 6.26 Å². The number of aliphatic hydroxyl groups is 1. The van der Waals surface area contributed by atoms with Gasteiger partial charge in [0.15, 0.2) is 0 Å². The maximum absolute atomic E-state index is 11.7. The van der Waals surface area contributed by atoms with E-state index in [1.807, 2.05) is 0 Å². The van der Waals surface area contributed by atoms with E-state index in [0.717, 1.165) is 0 Å². The summed E-state index contributed by atoms with van der Waals surface area (Å²) in [6.07, 6.45) is 1.48. The van der Waals surface area contributed by atoms with Gasteiger partial charge in [-0.2, -0.15) is 0 Å². The summed E-state index contributed by atoms with van der Waals surface area (Å²) in [6.45, 7) is 6.86. The number of hydrogen-bond donors (Lipinski definition) is 2. The Morgan fingerprint density at radius 1 is 1.29 bits per heavy atom. The highest BCUT2D eigenvalue weighted by molar-refractivity contribution is 5.81. The lowest BCUT2D eigenvalue weighted by molar-refractivity contribution is -0.155. The van der Waals surface area contributed by atoms with Crippen molar-refractivity contribution >= 4 is 11.9 Å². The molecule has 0 saturated heterocycles. The monoisotopic (exact) mass is 297 g/mol. The van der Waals surface area contributed by atoms with Crippen molar-refractivity contribution < 1.29 is 23.8 Å². The lowest BCUT2D eigenvalue weighted by Gasteiger charge is -2.21. The van der Waals surface area contributed by atoms with E-state index in [9.17, 15) is 14.7 Å². The summed E-state index contributed by atoms with van der Waals surface area (Å²) < 4.78 is 10.2. The molecule has 1 amide bonds. The molecule has 1 rings (SSSR count). The molecule has 1 atom stereocenters. The van der Waals surface area contributed by atoms with Gasteiger partial charge in [0.05, 0.1) is 19.2 Å². The summed E-state index contributed by atoms with van der Waals surface area (Å²) in [5.74, 6) is -0.377. The topological polar surface area (TPSA) is 88.8 Å². The average Bonchev–Trinajstić information content (AvgIpc) is 2.86. The summed E-state index contributed by atoms with van der Waals surface area (Å²) in [5, 5.41) is 12.7. The quantitative estimate of drug-likeness (QED) is 0.781. The lowest BCUT2D eigenvalue weighted by Crippen LogP contribution is -2.38. The van der Waals surface area contributed by atoms with Crippen LogP contribution in [0.15, 0.2) is 22.8 Å². The Hall–Kier alpha value is -1.82. The molecular weight excluding hydrogens is 274 g/mol. The Kier molecular flexibility index (Phi) is 5.54. The van der Waals surface area contributed by atoms with Crippen LogP contribution in [0.5, 0.6) is 0 Å². The number of amides is 1. The van der Waals surface area contributed by atoms with Gasteiger partial charge < -0.3 is 19.6 Å². The van der Waals surface area contributed by atoms with Crippen molar-refractivity contribution in [3.8, 4) is 0 Å². The molecule has 1 aromatic heterocycles. The lowest BCUT2D eigenvalue weighted by atomic mass is 10.0. The first-order valence-corrected chi connectivity index (χ1v) is 6.85. The highest BCUT2D eigenvalue weighted by atomic mass is 16.6. The molecule has 1 heterocycles. The smallest absolute Gasteiger partial charge is 0.306 e. The maximum atomic E-state index is 11.7. The molecular formula is C15H23NO5. The first-order chi connectivity index (χ1) is 9.60. The fourth-order valence-electron chi connectivity index (χ4n) is 1.64. The highest BCUT2D eigenvalue weighted by Gasteiger charge is 2.27. The average molecular weight is 297 g/mol. The number of esters is 1. The number of carbonyl (C=O) groups is 2. The van der Waals surface area contributed by atoms with Gasteiger partial charge in [-0.05, 0) is 39.8 Å². The van der Waals surface area contributed by atoms with E-state index in [4.69, 9.17) is 9.15 Å². The van der Waals surface area contributed by atoms with E-state index in [2.05, 4.69) is 5.32 Å². The molecule has 21 heavy (non-hydrogen) atoms. The van der Waals surface area contributed by atoms with Crippen LogP contribution in [0.1, 0.15) is 46.3 Å². The second-order valence-corrected chi connectivity index (χ2v) is 6.11. The second kappa shape index (κ2) is 6.76. The molecule has 6 nitrogen and oxygen atoms in total. The van der Waals surface area contributed by atoms with Crippen LogP contribution in [0, 0.1) is 0 Å². The van der Waals surface area contributed by atoms with Crippen LogP contribution in [0.2, 0.25) is 0 Å². The number of ether oxygens (including phenoxy) is 1. The summed E-state index contributed by atoms with van der Waals surface area (Å²) in [6, 6.07) is 3.29. The van der Waals surface area contributed by atoms with Crippen LogP contribution in [0.25, 0.3) is 0 Å². The van der Waals surface area contributed by atoms with Gasteiger partial charge in [0.25, 0.3) is 0 Å². The van der Waals surface area contributed by atoms with E-state index < -0.39 is 17.2 Å². The number of hydrogen-bond acceptors (Lipinski definition) is 5. The van der Waals surface area contributed by atoms with Crippen LogP contribution >= 0.6 is 0 Å². The Morgan fingerprint density at radius 3 is 2.48 bits per heavy atom. The zero-order valence-corrected chi connectivity index (χ0v) is 12.9. The summed E-state index contributed by atoms with van der Waals surface area (Å²) in [5.41, 5.74) is -1.85. The standard InChI is InChI=1S/C15H23NO5/c1-14(2,3)21-13(18)8-7-12(17)16-10-15(4,19)11-6-5-9-20-11/h5-6,9,19H,7-8,10H2,1-4H3,(H,16,17). The normalized spacial score (nSPS) is 14.3. The van der Waals surface area contributed by atoms with Crippen molar-refractivity contribution in [1.82, 2.24) is 5.32 Å². The van der Waals surface area contributed by atoms with Gasteiger partial charge in [-0.1, -0.05) is 0 Å². The second-order valence-electron chi connectivity index (χ2n) is 6.11. The molecule has 0 aliphatic rings. The molecule has 0 aromatic carbocycles. The van der Waals surface area contributed by atoms with Crippen LogP contribution in [-0.2, 0) is 19.9 Å². The molecule has 0 aliphatic carbocycles. The van der Waals surface area contributed by atoms with Crippen molar-refractivity contribution in [2.24, 2.45) is 0 Å². The molecule has 1 unspecified atom stereocenters. The molecule has 0 bridgehead atoms. The fraction of sp³-hybridized carbons (Fsp3) is 0.600. The van der Waals surface area contributed by atoms with E-state index in [-0.39, 0.29) is 25.3 Å². The Balaban J connectivity index is 2.33. The molecule has 0 spiro atoms. The minimum atomic E-state index is -1.29. The Bertz CT molecular complexity index is 471. The van der Waals surface area contributed by atoms with Crippen LogP contribution in [0.4, 0.5) is 0 Å². The van der Waals surface area contributed by atoms with Gasteiger partial charge in [0.1, 0.15) is 17.0 Å². The first kappa shape index (κ1) is 17.2. The van der Waals surface area contributed by atoms with Gasteiger partial charge in [0, 0.05) is 6.42 Å². The largest absolute Gasteiger partial charge is 0.466 e. The molecule has 0 fully saturated rings. The third-order valence-corrected chi connectivity index (χ3v) is 2.66. The predicted molar refractivity (Wildman–Crippen MR) is 76.4 cm³/mol. The molecule has 0 aliphatic heterocycles. The molecule has 0 saturated carbocycles. The van der Waals surface area contributed by atoms with Crippen molar-refractivity contribution in [2.75, 3.05) is 6.54 Å². The summed E-state index contributed by atoms with van der Waals surface area (Å²) >= 11 is 0. The molecule has 2 N–H and O–H groups in total. The molecule has 118 valence electrons. The van der Waals surface area contributed by atoms with Gasteiger partial charge >= 0.3 is 5.97 Å². The van der Waals surface area contributed by atoms with Crippen molar-refractivity contribution in [3.05, 3.63) is 24.2 Å². The summed E-state index contributed by atoms with van der Waals surface area (Å²) in [4.78, 5) is 23.2. The van der Waals surface area contributed by atoms with Crippen molar-refractivity contribution in [3.63, 3.8) is 0 Å². The minimum Gasteiger partial charge on any atom is -0.466 e. The van der Waals surface area contributed by atoms with Gasteiger partial charge in [-0.15, -0.1) is 0 Å². The maximum Gasteiger partial charge on any atom is 0.306 e. The Labute approximate surface area is 124 Å². The van der Waals surface area contributed by atoms with Crippen molar-refractivity contribution in [2.45, 2.75) is 51.7 Å². The van der Waals surface area contributed by atoms with Gasteiger partial charge in [-0.3, -0.25) is 9.59 Å². The molecule has 1 aromatic rings. The first-order valence-electron chi connectivity index (χ1n) is 6.85. The minimum absolute atomic E-state index is 0.00595. The predicted octanol–water partition coefficient (Wildman–Crippen LogP) is 1.73. The highest BCUT2D eigenvalue weighted by Crippen LogP contribution is 2.19. The van der Waals surface area contributed by atoms with E-state index in [1.54, 1.807) is 39.8 Å². The van der Waals surface area contributed by atoms with E-state index >= 15 is 0 Å². The SMILES string of the molecule is CC(C)(C)OC(=O)CCC(=O)NCC(C)(O)c1ccco1. The Morgan fingerprint density at radius 2 is 1.95 bits per heavy atom. The van der Waals surface area contributed by atoms with Crippen LogP contribution < -0.4 is 5.32 Å². The van der Waals surface area contributed by atoms with Crippen LogP contribution in [-0.4, -0.2) is 29.1 Å². The number of carbonyl (C=O) groups excluding carboxylic acids is 2.